The van der Waals surface area contributed by atoms with Gasteiger partial charge in [0.25, 0.3) is 5.85 Å². The largest absolute Gasteiger partial charge is 0.286 e. The second kappa shape index (κ2) is 4.66. The zero-order valence-corrected chi connectivity index (χ0v) is 11.9. The van der Waals surface area contributed by atoms with E-state index in [9.17, 15) is 4.57 Å². The average Bonchev–Trinajstić information content (AvgIpc) is 2.54. The third-order valence-corrected chi connectivity index (χ3v) is 4.79. The number of hydrogen-bond donors (Lipinski definition) is 0. The molecule has 1 aromatic carbocycles. The maximum Gasteiger partial charge on any atom is 0.286 e. The van der Waals surface area contributed by atoms with E-state index >= 15 is 0 Å². The summed E-state index contributed by atoms with van der Waals surface area (Å²) >= 11 is 17.4. The fourth-order valence-electron chi connectivity index (χ4n) is 1.53. The molecule has 0 radical (unpaired) electrons. The molecular weight excluding hydrogens is 301 g/mol. The van der Waals surface area contributed by atoms with Crippen LogP contribution in [0.1, 0.15) is 5.69 Å². The summed E-state index contributed by atoms with van der Waals surface area (Å²) in [5.74, 6) is -3.46. The number of hydrogen-bond acceptors (Lipinski definition) is 2. The summed E-state index contributed by atoms with van der Waals surface area (Å²) in [7, 11) is 0. The third-order valence-electron chi connectivity index (χ3n) is 2.24. The van der Waals surface area contributed by atoms with Gasteiger partial charge in [-0.25, -0.2) is 4.68 Å². The van der Waals surface area contributed by atoms with Gasteiger partial charge in [0.05, 0.1) is 11.4 Å². The molecule has 0 aliphatic rings. The standard InChI is InChI=1S/C10H8Cl3N2OP/c1-7-9(17(12,13)16)10(11)15(14-7)8-5-3-2-4-6-8/h2-6H,1H3. The van der Waals surface area contributed by atoms with Crippen molar-refractivity contribution in [3.63, 3.8) is 0 Å². The van der Waals surface area contributed by atoms with Gasteiger partial charge in [0.15, 0.2) is 0 Å². The molecule has 0 fully saturated rings. The summed E-state index contributed by atoms with van der Waals surface area (Å²) < 4.78 is 13.2. The molecule has 17 heavy (non-hydrogen) atoms. The lowest BCUT2D eigenvalue weighted by Crippen LogP contribution is -2.01. The molecule has 0 saturated carbocycles. The number of halogens is 3. The van der Waals surface area contributed by atoms with Crippen molar-refractivity contribution in [3.05, 3.63) is 41.2 Å². The maximum atomic E-state index is 11.7. The highest BCUT2D eigenvalue weighted by molar-refractivity contribution is 8.13. The highest BCUT2D eigenvalue weighted by atomic mass is 35.9. The maximum absolute atomic E-state index is 11.7. The summed E-state index contributed by atoms with van der Waals surface area (Å²) in [5.41, 5.74) is 1.22. The quantitative estimate of drug-likeness (QED) is 0.782. The van der Waals surface area contributed by atoms with E-state index in [4.69, 9.17) is 34.1 Å². The summed E-state index contributed by atoms with van der Waals surface area (Å²) in [4.78, 5) is 0. The van der Waals surface area contributed by atoms with Gasteiger partial charge in [-0.1, -0.05) is 29.8 Å². The fourth-order valence-corrected chi connectivity index (χ4v) is 4.36. The van der Waals surface area contributed by atoms with Crippen molar-refractivity contribution in [2.45, 2.75) is 6.92 Å². The lowest BCUT2D eigenvalue weighted by Gasteiger charge is -2.03. The Hall–Kier alpha value is -0.470. The van der Waals surface area contributed by atoms with E-state index in [0.29, 0.717) is 5.69 Å². The van der Waals surface area contributed by atoms with Crippen molar-refractivity contribution in [2.75, 3.05) is 0 Å². The first-order valence-corrected chi connectivity index (χ1v) is 8.61. The van der Waals surface area contributed by atoms with Crippen molar-refractivity contribution in [2.24, 2.45) is 0 Å². The summed E-state index contributed by atoms with van der Waals surface area (Å²) in [6, 6.07) is 9.24. The van der Waals surface area contributed by atoms with Gasteiger partial charge in [-0.2, -0.15) is 5.10 Å². The lowest BCUT2D eigenvalue weighted by molar-refractivity contribution is 0.597. The zero-order chi connectivity index (χ0) is 12.6. The predicted molar refractivity (Wildman–Crippen MR) is 72.3 cm³/mol. The van der Waals surface area contributed by atoms with Crippen LogP contribution >= 0.6 is 39.9 Å². The molecule has 0 aliphatic carbocycles. The SMILES string of the molecule is Cc1nn(-c2ccccc2)c(Cl)c1P(=O)(Cl)Cl. The van der Waals surface area contributed by atoms with Crippen LogP contribution in [0.4, 0.5) is 0 Å². The second-order valence-corrected chi connectivity index (χ2v) is 8.54. The van der Waals surface area contributed by atoms with Crippen molar-refractivity contribution in [1.29, 1.82) is 0 Å². The molecule has 2 rings (SSSR count). The molecule has 0 spiro atoms. The van der Waals surface area contributed by atoms with Crippen LogP contribution < -0.4 is 5.30 Å². The Balaban J connectivity index is 2.64. The first kappa shape index (κ1) is 13.0. The highest BCUT2D eigenvalue weighted by Gasteiger charge is 2.28. The normalized spacial score (nSPS) is 11.8. The van der Waals surface area contributed by atoms with E-state index in [0.717, 1.165) is 5.69 Å². The first-order chi connectivity index (χ1) is 7.91. The molecule has 0 atom stereocenters. The van der Waals surface area contributed by atoms with Gasteiger partial charge in [-0.15, -0.1) is 0 Å². The Kier molecular flexibility index (Phi) is 3.55. The van der Waals surface area contributed by atoms with Gasteiger partial charge in [-0.3, -0.25) is 4.57 Å². The van der Waals surface area contributed by atoms with E-state index in [1.165, 1.54) is 4.68 Å². The Morgan fingerprint density at radius 1 is 1.24 bits per heavy atom. The summed E-state index contributed by atoms with van der Waals surface area (Å²) in [5, 5.41) is 4.57. The third kappa shape index (κ3) is 2.53. The number of aryl methyl sites for hydroxylation is 1. The van der Waals surface area contributed by atoms with Crippen molar-refractivity contribution >= 4 is 45.2 Å². The van der Waals surface area contributed by atoms with Gasteiger partial charge in [0.1, 0.15) is 10.5 Å². The zero-order valence-electron chi connectivity index (χ0n) is 8.77. The Morgan fingerprint density at radius 2 is 1.82 bits per heavy atom. The molecule has 0 aliphatic heterocycles. The molecule has 2 aromatic rings. The van der Waals surface area contributed by atoms with E-state index in [1.54, 1.807) is 6.92 Å². The van der Waals surface area contributed by atoms with Crippen LogP contribution in [0.15, 0.2) is 30.3 Å². The monoisotopic (exact) mass is 308 g/mol. The Morgan fingerprint density at radius 3 is 2.29 bits per heavy atom. The van der Waals surface area contributed by atoms with Crippen LogP contribution in [0.2, 0.25) is 5.15 Å². The van der Waals surface area contributed by atoms with Crippen molar-refractivity contribution in [1.82, 2.24) is 9.78 Å². The Labute approximate surface area is 113 Å². The van der Waals surface area contributed by atoms with Gasteiger partial charge >= 0.3 is 0 Å². The number of rotatable bonds is 2. The van der Waals surface area contributed by atoms with Crippen LogP contribution in [-0.4, -0.2) is 9.78 Å². The van der Waals surface area contributed by atoms with E-state index in [2.05, 4.69) is 5.10 Å². The van der Waals surface area contributed by atoms with Gasteiger partial charge in [0, 0.05) is 0 Å². The van der Waals surface area contributed by atoms with E-state index in [-0.39, 0.29) is 10.5 Å². The molecule has 0 unspecified atom stereocenters. The fraction of sp³-hybridized carbons (Fsp3) is 0.100. The molecule has 0 N–H and O–H groups in total. The molecule has 1 aromatic heterocycles. The summed E-state index contributed by atoms with van der Waals surface area (Å²) in [6.07, 6.45) is 0. The predicted octanol–water partition coefficient (Wildman–Crippen LogP) is 4.13. The van der Waals surface area contributed by atoms with Crippen LogP contribution in [-0.2, 0) is 4.57 Å². The smallest absolute Gasteiger partial charge is 0.284 e. The minimum absolute atomic E-state index is 0.182. The van der Waals surface area contributed by atoms with Gasteiger partial charge in [0.2, 0.25) is 0 Å². The lowest BCUT2D eigenvalue weighted by atomic mass is 10.3. The molecule has 7 heteroatoms. The highest BCUT2D eigenvalue weighted by Crippen LogP contribution is 2.57. The molecule has 90 valence electrons. The Bertz CT molecular complexity index is 591. The number of aromatic nitrogens is 2. The van der Waals surface area contributed by atoms with E-state index < -0.39 is 5.85 Å². The molecule has 3 nitrogen and oxygen atoms in total. The first-order valence-electron chi connectivity index (χ1n) is 4.71. The molecule has 0 amide bonds. The van der Waals surface area contributed by atoms with Crippen molar-refractivity contribution < 1.29 is 4.57 Å². The minimum atomic E-state index is -3.46. The second-order valence-electron chi connectivity index (χ2n) is 3.43. The topological polar surface area (TPSA) is 34.9 Å². The number of benzene rings is 1. The molecular formula is C10H8Cl3N2OP. The number of para-hydroxylation sites is 1. The van der Waals surface area contributed by atoms with Crippen LogP contribution in [0.3, 0.4) is 0 Å². The molecule has 1 heterocycles. The minimum Gasteiger partial charge on any atom is -0.284 e. The molecule has 0 saturated heterocycles. The van der Waals surface area contributed by atoms with Gasteiger partial charge < -0.3 is 0 Å². The van der Waals surface area contributed by atoms with Crippen LogP contribution in [0, 0.1) is 6.92 Å². The molecule has 0 bridgehead atoms. The van der Waals surface area contributed by atoms with E-state index in [1.807, 2.05) is 30.3 Å². The number of nitrogens with zero attached hydrogens (tertiary/aromatic N) is 2. The summed E-state index contributed by atoms with van der Waals surface area (Å²) in [6.45, 7) is 1.66. The van der Waals surface area contributed by atoms with Crippen molar-refractivity contribution in [3.8, 4) is 5.69 Å². The average molecular weight is 310 g/mol. The van der Waals surface area contributed by atoms with Crippen LogP contribution in [0.5, 0.6) is 0 Å². The van der Waals surface area contributed by atoms with Crippen LogP contribution in [0.25, 0.3) is 5.69 Å². The van der Waals surface area contributed by atoms with Gasteiger partial charge in [-0.05, 0) is 41.5 Å².